The third-order valence-electron chi connectivity index (χ3n) is 4.65. The molecule has 2 rings (SSSR count). The molecule has 0 amide bonds. The van der Waals surface area contributed by atoms with E-state index in [4.69, 9.17) is 0 Å². The molecule has 3 atom stereocenters. The molecule has 1 aliphatic carbocycles. The molecule has 108 valence electrons. The van der Waals surface area contributed by atoms with E-state index in [0.717, 1.165) is 18.4 Å². The first-order valence-electron chi connectivity index (χ1n) is 7.70. The van der Waals surface area contributed by atoms with Gasteiger partial charge in [-0.15, -0.1) is 11.3 Å². The highest BCUT2D eigenvalue weighted by atomic mass is 32.1. The van der Waals surface area contributed by atoms with E-state index in [-0.39, 0.29) is 5.41 Å². The van der Waals surface area contributed by atoms with Crippen molar-refractivity contribution in [3.05, 3.63) is 21.9 Å². The summed E-state index contributed by atoms with van der Waals surface area (Å²) in [7, 11) is 0. The van der Waals surface area contributed by atoms with Crippen molar-refractivity contribution in [1.29, 1.82) is 0 Å². The standard InChI is InChI=1S/C17H29NS/c1-12-7-6-8-15(13(12)2)18-11-14-9-10-16(19-14)17(3,4)5/h9-10,12-13,15,18H,6-8,11H2,1-5H3. The molecule has 3 unspecified atom stereocenters. The fraction of sp³-hybridized carbons (Fsp3) is 0.765. The maximum absolute atomic E-state index is 3.79. The maximum Gasteiger partial charge on any atom is 0.0302 e. The summed E-state index contributed by atoms with van der Waals surface area (Å²) in [5.41, 5.74) is 0.287. The molecule has 1 nitrogen and oxygen atoms in total. The van der Waals surface area contributed by atoms with Gasteiger partial charge >= 0.3 is 0 Å². The molecule has 0 aliphatic heterocycles. The van der Waals surface area contributed by atoms with Crippen molar-refractivity contribution in [3.63, 3.8) is 0 Å². The summed E-state index contributed by atoms with van der Waals surface area (Å²) < 4.78 is 0. The van der Waals surface area contributed by atoms with Gasteiger partial charge in [0.15, 0.2) is 0 Å². The normalized spacial score (nSPS) is 28.6. The SMILES string of the molecule is CC1CCCC(NCc2ccc(C(C)(C)C)s2)C1C. The summed E-state index contributed by atoms with van der Waals surface area (Å²) in [6.07, 6.45) is 4.15. The van der Waals surface area contributed by atoms with Crippen LogP contribution in [0.2, 0.25) is 0 Å². The summed E-state index contributed by atoms with van der Waals surface area (Å²) in [5, 5.41) is 3.79. The lowest BCUT2D eigenvalue weighted by Gasteiger charge is -2.34. The summed E-state index contributed by atoms with van der Waals surface area (Å²) in [5.74, 6) is 1.69. The Kier molecular flexibility index (Phi) is 4.73. The Labute approximate surface area is 122 Å². The van der Waals surface area contributed by atoms with Crippen molar-refractivity contribution in [1.82, 2.24) is 5.32 Å². The number of hydrogen-bond acceptors (Lipinski definition) is 2. The molecule has 0 bridgehead atoms. The van der Waals surface area contributed by atoms with Crippen LogP contribution < -0.4 is 5.32 Å². The van der Waals surface area contributed by atoms with Crippen LogP contribution in [0.25, 0.3) is 0 Å². The average molecular weight is 279 g/mol. The lowest BCUT2D eigenvalue weighted by Crippen LogP contribution is -2.40. The molecule has 0 aromatic carbocycles. The van der Waals surface area contributed by atoms with E-state index >= 15 is 0 Å². The zero-order valence-electron chi connectivity index (χ0n) is 13.1. The molecule has 2 heteroatoms. The van der Waals surface area contributed by atoms with Gasteiger partial charge in [-0.1, -0.05) is 47.5 Å². The first-order chi connectivity index (χ1) is 8.88. The zero-order chi connectivity index (χ0) is 14.0. The van der Waals surface area contributed by atoms with Gasteiger partial charge in [0, 0.05) is 22.3 Å². The molecule has 0 radical (unpaired) electrons. The van der Waals surface area contributed by atoms with Crippen molar-refractivity contribution < 1.29 is 0 Å². The summed E-state index contributed by atoms with van der Waals surface area (Å²) in [6.45, 7) is 12.7. The number of hydrogen-bond donors (Lipinski definition) is 1. The van der Waals surface area contributed by atoms with Crippen LogP contribution in [0.5, 0.6) is 0 Å². The molecule has 1 aromatic rings. The third-order valence-corrected chi connectivity index (χ3v) is 6.16. The van der Waals surface area contributed by atoms with Crippen LogP contribution in [0.15, 0.2) is 12.1 Å². The minimum absolute atomic E-state index is 0.287. The van der Waals surface area contributed by atoms with Gasteiger partial charge in [-0.25, -0.2) is 0 Å². The van der Waals surface area contributed by atoms with Crippen molar-refractivity contribution in [3.8, 4) is 0 Å². The summed E-state index contributed by atoms with van der Waals surface area (Å²) >= 11 is 1.97. The van der Waals surface area contributed by atoms with E-state index in [0.29, 0.717) is 6.04 Å². The molecule has 0 saturated heterocycles. The summed E-state index contributed by atoms with van der Waals surface area (Å²) in [6, 6.07) is 5.31. The molecule has 1 aliphatic rings. The van der Waals surface area contributed by atoms with Gasteiger partial charge in [-0.3, -0.25) is 0 Å². The van der Waals surface area contributed by atoms with Gasteiger partial charge < -0.3 is 5.32 Å². The Morgan fingerprint density at radius 2 is 1.95 bits per heavy atom. The molecule has 1 saturated carbocycles. The number of rotatable bonds is 3. The Bertz CT molecular complexity index is 402. The monoisotopic (exact) mass is 279 g/mol. The minimum Gasteiger partial charge on any atom is -0.309 e. The highest BCUT2D eigenvalue weighted by molar-refractivity contribution is 7.12. The van der Waals surface area contributed by atoms with Crippen LogP contribution in [0.1, 0.15) is 63.6 Å². The largest absolute Gasteiger partial charge is 0.309 e. The van der Waals surface area contributed by atoms with Crippen LogP contribution in [0, 0.1) is 11.8 Å². The van der Waals surface area contributed by atoms with Crippen molar-refractivity contribution >= 4 is 11.3 Å². The highest BCUT2D eigenvalue weighted by Crippen LogP contribution is 2.31. The molecule has 1 fully saturated rings. The van der Waals surface area contributed by atoms with E-state index in [1.54, 1.807) is 0 Å². The van der Waals surface area contributed by atoms with Gasteiger partial charge in [0.1, 0.15) is 0 Å². The minimum atomic E-state index is 0.287. The van der Waals surface area contributed by atoms with E-state index in [1.165, 1.54) is 29.0 Å². The van der Waals surface area contributed by atoms with E-state index < -0.39 is 0 Å². The predicted octanol–water partition coefficient (Wildman–Crippen LogP) is 4.96. The fourth-order valence-electron chi connectivity index (χ4n) is 2.98. The highest BCUT2D eigenvalue weighted by Gasteiger charge is 2.26. The Morgan fingerprint density at radius 1 is 1.21 bits per heavy atom. The van der Waals surface area contributed by atoms with Gasteiger partial charge in [0.25, 0.3) is 0 Å². The van der Waals surface area contributed by atoms with Crippen molar-refractivity contribution in [2.75, 3.05) is 0 Å². The van der Waals surface area contributed by atoms with Gasteiger partial charge in [0.05, 0.1) is 0 Å². The van der Waals surface area contributed by atoms with Crippen LogP contribution in [-0.4, -0.2) is 6.04 Å². The zero-order valence-corrected chi connectivity index (χ0v) is 13.9. The van der Waals surface area contributed by atoms with E-state index in [2.05, 4.69) is 52.1 Å². The summed E-state index contributed by atoms with van der Waals surface area (Å²) in [4.78, 5) is 2.98. The Balaban J connectivity index is 1.90. The van der Waals surface area contributed by atoms with Gasteiger partial charge in [0.2, 0.25) is 0 Å². The first-order valence-corrected chi connectivity index (χ1v) is 8.52. The maximum atomic E-state index is 3.79. The molecule has 0 spiro atoms. The quantitative estimate of drug-likeness (QED) is 0.824. The van der Waals surface area contributed by atoms with Gasteiger partial charge in [-0.2, -0.15) is 0 Å². The lowest BCUT2D eigenvalue weighted by atomic mass is 9.78. The molecular formula is C17H29NS. The smallest absolute Gasteiger partial charge is 0.0302 e. The molecule has 1 heterocycles. The second-order valence-electron chi connectivity index (χ2n) is 7.27. The molecule has 19 heavy (non-hydrogen) atoms. The second kappa shape index (κ2) is 5.97. The number of thiophene rings is 1. The Morgan fingerprint density at radius 3 is 2.58 bits per heavy atom. The third kappa shape index (κ3) is 3.82. The lowest BCUT2D eigenvalue weighted by molar-refractivity contribution is 0.206. The first kappa shape index (κ1) is 15.1. The van der Waals surface area contributed by atoms with Crippen LogP contribution in [-0.2, 0) is 12.0 Å². The average Bonchev–Trinajstić information content (AvgIpc) is 2.79. The van der Waals surface area contributed by atoms with Crippen LogP contribution in [0.3, 0.4) is 0 Å². The van der Waals surface area contributed by atoms with Crippen LogP contribution in [0.4, 0.5) is 0 Å². The van der Waals surface area contributed by atoms with Crippen molar-refractivity contribution in [2.45, 2.75) is 71.9 Å². The topological polar surface area (TPSA) is 12.0 Å². The molecule has 1 N–H and O–H groups in total. The number of nitrogens with one attached hydrogen (secondary N) is 1. The van der Waals surface area contributed by atoms with E-state index in [9.17, 15) is 0 Å². The fourth-order valence-corrected chi connectivity index (χ4v) is 3.99. The predicted molar refractivity (Wildman–Crippen MR) is 85.8 cm³/mol. The van der Waals surface area contributed by atoms with Gasteiger partial charge in [-0.05, 0) is 35.8 Å². The molecule has 1 aromatic heterocycles. The molecular weight excluding hydrogens is 250 g/mol. The van der Waals surface area contributed by atoms with Crippen molar-refractivity contribution in [2.24, 2.45) is 11.8 Å². The Hall–Kier alpha value is -0.340. The van der Waals surface area contributed by atoms with E-state index in [1.807, 2.05) is 11.3 Å². The second-order valence-corrected chi connectivity index (χ2v) is 8.44. The van der Waals surface area contributed by atoms with Crippen LogP contribution >= 0.6 is 11.3 Å².